The minimum atomic E-state index is 0.124. The number of rotatable bonds is 4. The molecule has 0 unspecified atom stereocenters. The second kappa shape index (κ2) is 4.57. The van der Waals surface area contributed by atoms with Crippen LogP contribution < -0.4 is 5.32 Å². The maximum atomic E-state index is 11.1. The molecule has 4 heteroatoms. The zero-order valence-corrected chi connectivity index (χ0v) is 11.0. The summed E-state index contributed by atoms with van der Waals surface area (Å²) >= 11 is 1.75. The van der Waals surface area contributed by atoms with Gasteiger partial charge in [0, 0.05) is 18.2 Å². The molecule has 1 saturated carbocycles. The van der Waals surface area contributed by atoms with Crippen LogP contribution >= 0.6 is 11.8 Å². The Morgan fingerprint density at radius 2 is 2.06 bits per heavy atom. The van der Waals surface area contributed by atoms with E-state index in [9.17, 15) is 4.79 Å². The van der Waals surface area contributed by atoms with Crippen LogP contribution in [0.4, 0.5) is 0 Å². The van der Waals surface area contributed by atoms with Gasteiger partial charge in [0.15, 0.2) is 0 Å². The zero-order valence-electron chi connectivity index (χ0n) is 10.2. The maximum absolute atomic E-state index is 11.1. The van der Waals surface area contributed by atoms with E-state index in [2.05, 4.69) is 12.2 Å². The van der Waals surface area contributed by atoms with E-state index in [4.69, 9.17) is 4.74 Å². The molecule has 2 heterocycles. The van der Waals surface area contributed by atoms with Crippen LogP contribution in [0, 0.1) is 5.41 Å². The van der Waals surface area contributed by atoms with E-state index < -0.39 is 0 Å². The topological polar surface area (TPSA) is 38.3 Å². The van der Waals surface area contributed by atoms with Gasteiger partial charge in [-0.05, 0) is 32.6 Å². The number of thioether (sulfide) groups is 1. The van der Waals surface area contributed by atoms with Gasteiger partial charge in [-0.3, -0.25) is 4.79 Å². The summed E-state index contributed by atoms with van der Waals surface area (Å²) in [6.07, 6.45) is 4.91. The Morgan fingerprint density at radius 1 is 1.38 bits per heavy atom. The predicted octanol–water partition coefficient (Wildman–Crippen LogP) is 1.81. The normalized spacial score (nSPS) is 37.4. The van der Waals surface area contributed by atoms with Crippen LogP contribution in [0.15, 0.2) is 0 Å². The highest BCUT2D eigenvalue weighted by molar-refractivity contribution is 7.99. The lowest BCUT2D eigenvalue weighted by Crippen LogP contribution is -2.50. The fourth-order valence-electron chi connectivity index (χ4n) is 2.54. The minimum Gasteiger partial charge on any atom is -0.375 e. The number of nitrogens with one attached hydrogen (secondary N) is 1. The van der Waals surface area contributed by atoms with E-state index in [0.29, 0.717) is 11.2 Å². The van der Waals surface area contributed by atoms with Gasteiger partial charge in [0.1, 0.15) is 0 Å². The number of carbonyl (C=O) groups is 1. The molecule has 2 aliphatic heterocycles. The molecule has 0 spiro atoms. The van der Waals surface area contributed by atoms with E-state index in [1.54, 1.807) is 18.8 Å². The van der Waals surface area contributed by atoms with Crippen LogP contribution in [0.5, 0.6) is 0 Å². The Morgan fingerprint density at radius 3 is 2.56 bits per heavy atom. The zero-order chi connectivity index (χ0) is 11.6. The Hall–Kier alpha value is -0.220. The highest BCUT2D eigenvalue weighted by atomic mass is 32.2. The van der Waals surface area contributed by atoms with E-state index >= 15 is 0 Å². The molecule has 16 heavy (non-hydrogen) atoms. The van der Waals surface area contributed by atoms with Crippen LogP contribution in [-0.2, 0) is 9.53 Å². The van der Waals surface area contributed by atoms with Crippen molar-refractivity contribution in [2.24, 2.45) is 5.41 Å². The molecule has 0 aromatic rings. The maximum Gasteiger partial charge on any atom is 0.229 e. The van der Waals surface area contributed by atoms with Gasteiger partial charge in [-0.2, -0.15) is 11.8 Å². The molecule has 0 aromatic heterocycles. The second-order valence-corrected chi connectivity index (χ2v) is 6.39. The quantitative estimate of drug-likeness (QED) is 0.818. The van der Waals surface area contributed by atoms with Gasteiger partial charge in [-0.1, -0.05) is 0 Å². The largest absolute Gasteiger partial charge is 0.375 e. The fourth-order valence-corrected chi connectivity index (χ4v) is 3.78. The summed E-state index contributed by atoms with van der Waals surface area (Å²) in [6.45, 7) is 3.12. The first-order chi connectivity index (χ1) is 7.58. The van der Waals surface area contributed by atoms with E-state index in [-0.39, 0.29) is 11.5 Å². The highest BCUT2D eigenvalue weighted by Gasteiger charge is 2.46. The average Bonchev–Trinajstić information content (AvgIpc) is 2.31. The molecule has 1 N–H and O–H groups in total. The first kappa shape index (κ1) is 12.2. The number of fused-ring (bicyclic) bond motifs is 3. The molecular formula is C12H21NO2S. The Labute approximate surface area is 102 Å². The van der Waals surface area contributed by atoms with Crippen molar-refractivity contribution in [2.75, 3.05) is 25.2 Å². The van der Waals surface area contributed by atoms with Gasteiger partial charge >= 0.3 is 0 Å². The van der Waals surface area contributed by atoms with Crippen LogP contribution in [-0.4, -0.2) is 36.7 Å². The summed E-state index contributed by atoms with van der Waals surface area (Å²) in [5, 5.41) is 2.66. The Bertz CT molecular complexity index is 256. The molecule has 1 amide bonds. The Kier molecular flexibility index (Phi) is 3.50. The van der Waals surface area contributed by atoms with E-state index in [1.165, 1.54) is 25.7 Å². The molecule has 1 aliphatic carbocycles. The van der Waals surface area contributed by atoms with Crippen LogP contribution in [0.1, 0.15) is 32.6 Å². The first-order valence-electron chi connectivity index (χ1n) is 6.00. The van der Waals surface area contributed by atoms with Crippen molar-refractivity contribution in [3.8, 4) is 0 Å². The number of hydrogen-bond acceptors (Lipinski definition) is 3. The van der Waals surface area contributed by atoms with Crippen molar-refractivity contribution in [3.63, 3.8) is 0 Å². The van der Waals surface area contributed by atoms with Crippen molar-refractivity contribution in [3.05, 3.63) is 0 Å². The van der Waals surface area contributed by atoms with Crippen molar-refractivity contribution in [1.82, 2.24) is 5.32 Å². The minimum absolute atomic E-state index is 0.124. The van der Waals surface area contributed by atoms with Crippen molar-refractivity contribution >= 4 is 17.7 Å². The van der Waals surface area contributed by atoms with Crippen LogP contribution in [0.25, 0.3) is 0 Å². The monoisotopic (exact) mass is 243 g/mol. The average molecular weight is 243 g/mol. The SMILES string of the molecule is CNC(=O)CSCC12CCC(C)(CC1)OC2. The molecule has 0 radical (unpaired) electrons. The van der Waals surface area contributed by atoms with Crippen LogP contribution in [0.3, 0.4) is 0 Å². The molecule has 92 valence electrons. The highest BCUT2D eigenvalue weighted by Crippen LogP contribution is 2.49. The standard InChI is InChI=1S/C12H21NO2S/c1-11-3-5-12(6-4-11,8-15-11)9-16-7-10(14)13-2/h3-9H2,1-2H3,(H,13,14). The Balaban J connectivity index is 1.79. The third kappa shape index (κ3) is 2.54. The van der Waals surface area contributed by atoms with Gasteiger partial charge in [-0.25, -0.2) is 0 Å². The van der Waals surface area contributed by atoms with Gasteiger partial charge in [0.05, 0.1) is 18.0 Å². The molecule has 3 nitrogen and oxygen atoms in total. The summed E-state index contributed by atoms with van der Waals surface area (Å²) in [5.41, 5.74) is 0.518. The van der Waals surface area contributed by atoms with Gasteiger partial charge in [0.25, 0.3) is 0 Å². The van der Waals surface area contributed by atoms with Gasteiger partial charge in [-0.15, -0.1) is 0 Å². The number of ether oxygens (including phenoxy) is 1. The lowest BCUT2D eigenvalue weighted by Gasteiger charge is -2.51. The third-order valence-electron chi connectivity index (χ3n) is 4.02. The molecule has 3 fully saturated rings. The number of amides is 1. The number of carbonyl (C=O) groups excluding carboxylic acids is 1. The summed E-state index contributed by atoms with van der Waals surface area (Å²) in [5.74, 6) is 1.77. The molecule has 2 saturated heterocycles. The lowest BCUT2D eigenvalue weighted by atomic mass is 9.68. The molecule has 0 atom stereocenters. The van der Waals surface area contributed by atoms with Gasteiger partial charge in [0.2, 0.25) is 5.91 Å². The first-order valence-corrected chi connectivity index (χ1v) is 7.15. The van der Waals surface area contributed by atoms with Crippen LogP contribution in [0.2, 0.25) is 0 Å². The summed E-state index contributed by atoms with van der Waals surface area (Å²) < 4.78 is 5.94. The summed E-state index contributed by atoms with van der Waals surface area (Å²) in [4.78, 5) is 11.1. The van der Waals surface area contributed by atoms with E-state index in [0.717, 1.165) is 12.4 Å². The smallest absolute Gasteiger partial charge is 0.229 e. The molecule has 3 aliphatic rings. The molecule has 2 bridgehead atoms. The van der Waals surface area contributed by atoms with Crippen molar-refractivity contribution < 1.29 is 9.53 Å². The van der Waals surface area contributed by atoms with Gasteiger partial charge < -0.3 is 10.1 Å². The summed E-state index contributed by atoms with van der Waals surface area (Å²) in [6, 6.07) is 0. The molecule has 3 rings (SSSR count). The van der Waals surface area contributed by atoms with Crippen molar-refractivity contribution in [2.45, 2.75) is 38.2 Å². The fraction of sp³-hybridized carbons (Fsp3) is 0.917. The second-order valence-electron chi connectivity index (χ2n) is 5.40. The number of hydrogen-bond donors (Lipinski definition) is 1. The summed E-state index contributed by atoms with van der Waals surface area (Å²) in [7, 11) is 1.69. The third-order valence-corrected chi connectivity index (χ3v) is 5.30. The lowest BCUT2D eigenvalue weighted by molar-refractivity contribution is -0.165. The molecular weight excluding hydrogens is 222 g/mol. The van der Waals surface area contributed by atoms with Crippen molar-refractivity contribution in [1.29, 1.82) is 0 Å². The molecule has 0 aromatic carbocycles. The predicted molar refractivity (Wildman–Crippen MR) is 66.6 cm³/mol. The van der Waals surface area contributed by atoms with E-state index in [1.807, 2.05) is 0 Å².